The number of morpholine rings is 1. The quantitative estimate of drug-likeness (QED) is 0.251. The number of nitrogens with one attached hydrogen (secondary N) is 1. The predicted molar refractivity (Wildman–Crippen MR) is 168 cm³/mol. The van der Waals surface area contributed by atoms with Gasteiger partial charge in [-0.3, -0.25) is 9.69 Å². The molecular weight excluding hydrogens is 600 g/mol. The maximum absolute atomic E-state index is 13.4. The number of aromatic nitrogens is 4. The number of hydrogen-bond donors (Lipinski definition) is 1. The summed E-state index contributed by atoms with van der Waals surface area (Å²) in [6.07, 6.45) is 3.35. The van der Waals surface area contributed by atoms with Crippen LogP contribution in [0.5, 0.6) is 0 Å². The third-order valence-corrected chi connectivity index (χ3v) is 11.7. The van der Waals surface area contributed by atoms with Gasteiger partial charge in [-0.15, -0.1) is 0 Å². The largest absolute Gasteiger partial charge is 0.379 e. The van der Waals surface area contributed by atoms with Crippen LogP contribution >= 0.6 is 15.9 Å². The second-order valence-corrected chi connectivity index (χ2v) is 20.2. The molecule has 1 saturated carbocycles. The van der Waals surface area contributed by atoms with E-state index >= 15 is 0 Å². The van der Waals surface area contributed by atoms with Crippen molar-refractivity contribution in [1.29, 1.82) is 0 Å². The van der Waals surface area contributed by atoms with Crippen LogP contribution in [0.15, 0.2) is 16.6 Å². The summed E-state index contributed by atoms with van der Waals surface area (Å²) in [5, 5.41) is 5.08. The highest BCUT2D eigenvalue weighted by atomic mass is 79.9. The van der Waals surface area contributed by atoms with Gasteiger partial charge in [-0.2, -0.15) is 5.10 Å². The highest BCUT2D eigenvalue weighted by molar-refractivity contribution is 9.10. The minimum atomic E-state index is -1.15. The van der Waals surface area contributed by atoms with Gasteiger partial charge in [0.05, 0.1) is 30.3 Å². The van der Waals surface area contributed by atoms with Gasteiger partial charge >= 0.3 is 0 Å². The molecule has 3 aliphatic rings. The number of hydrogen-bond acceptors (Lipinski definition) is 6. The summed E-state index contributed by atoms with van der Waals surface area (Å²) < 4.78 is 14.6. The molecule has 1 saturated heterocycles. The van der Waals surface area contributed by atoms with Crippen LogP contribution < -0.4 is 4.90 Å². The van der Waals surface area contributed by atoms with E-state index in [1.54, 1.807) is 4.90 Å². The number of amides is 1. The number of likely N-dealkylation sites (N-methyl/N-ethyl adjacent to an activating group) is 1. The lowest BCUT2D eigenvalue weighted by Gasteiger charge is -2.33. The minimum Gasteiger partial charge on any atom is -0.379 e. The highest BCUT2D eigenvalue weighted by Crippen LogP contribution is 2.60. The fourth-order valence-corrected chi connectivity index (χ4v) is 7.63. The number of imidazole rings is 1. The zero-order chi connectivity index (χ0) is 29.1. The van der Waals surface area contributed by atoms with Crippen LogP contribution in [-0.2, 0) is 33.8 Å². The van der Waals surface area contributed by atoms with Crippen LogP contribution in [0.1, 0.15) is 31.5 Å². The molecule has 41 heavy (non-hydrogen) atoms. The molecule has 1 amide bonds. The summed E-state index contributed by atoms with van der Waals surface area (Å²) >= 11 is 3.75. The smallest absolute Gasteiger partial charge is 0.243 e. The second-order valence-electron chi connectivity index (χ2n) is 13.7. The van der Waals surface area contributed by atoms with E-state index in [-0.39, 0.29) is 11.9 Å². The zero-order valence-corrected chi connectivity index (χ0v) is 27.8. The Hall–Kier alpha value is -2.05. The molecule has 0 spiro atoms. The summed E-state index contributed by atoms with van der Waals surface area (Å²) in [7, 11) is 0.687. The number of nitrogens with zero attached hydrogens (tertiary/aromatic N) is 5. The van der Waals surface area contributed by atoms with Gasteiger partial charge in [0.2, 0.25) is 5.91 Å². The van der Waals surface area contributed by atoms with E-state index in [2.05, 4.69) is 57.1 Å². The fourth-order valence-electron chi connectivity index (χ4n) is 6.33. The molecule has 2 aromatic heterocycles. The molecule has 0 bridgehead atoms. The number of ether oxygens (including phenoxy) is 2. The molecular formula is C30H43BrN6O3Si. The van der Waals surface area contributed by atoms with E-state index in [4.69, 9.17) is 19.6 Å². The Balaban J connectivity index is 1.27. The van der Waals surface area contributed by atoms with Gasteiger partial charge in [0.1, 0.15) is 12.4 Å². The molecule has 2 aliphatic carbocycles. The first-order valence-corrected chi connectivity index (χ1v) is 19.4. The van der Waals surface area contributed by atoms with Crippen molar-refractivity contribution in [3.63, 3.8) is 0 Å². The number of carbonyl (C=O) groups excluding carboxylic acids is 1. The topological polar surface area (TPSA) is 88.5 Å². The fraction of sp³-hybridized carbons (Fsp3) is 0.633. The molecule has 1 N–H and O–H groups in total. The van der Waals surface area contributed by atoms with E-state index in [0.717, 1.165) is 77.2 Å². The van der Waals surface area contributed by atoms with Crippen LogP contribution in [0.3, 0.4) is 0 Å². The number of halogens is 1. The van der Waals surface area contributed by atoms with E-state index in [1.165, 1.54) is 17.7 Å². The number of benzene rings is 1. The van der Waals surface area contributed by atoms with E-state index < -0.39 is 8.07 Å². The van der Waals surface area contributed by atoms with E-state index in [0.29, 0.717) is 25.4 Å². The number of fused-ring (bicyclic) bond motifs is 3. The van der Waals surface area contributed by atoms with Gasteiger partial charge < -0.3 is 19.4 Å². The number of carbonyl (C=O) groups is 1. The summed E-state index contributed by atoms with van der Waals surface area (Å²) in [5.74, 6) is 1.55. The van der Waals surface area contributed by atoms with Gasteiger partial charge in [-0.05, 0) is 71.6 Å². The SMILES string of the molecule is C[C@@H](C(=O)N(C)c1cc(Br)c2[nH]c(-c3nn(COCC[Si](C)(C)C)c4c3C[C@@H]3C[C@]3(C)C4)nc2c1)N1CCOCC1. The predicted octanol–water partition coefficient (Wildman–Crippen LogP) is 5.31. The normalized spacial score (nSPS) is 23.3. The van der Waals surface area contributed by atoms with Crippen LogP contribution in [0.4, 0.5) is 5.69 Å². The van der Waals surface area contributed by atoms with Crippen molar-refractivity contribution in [3.05, 3.63) is 27.9 Å². The molecule has 3 aromatic rings. The van der Waals surface area contributed by atoms with Crippen LogP contribution in [-0.4, -0.2) is 84.6 Å². The molecule has 9 nitrogen and oxygen atoms in total. The number of aromatic amines is 1. The van der Waals surface area contributed by atoms with Crippen LogP contribution in [0.2, 0.25) is 25.7 Å². The molecule has 3 atom stereocenters. The minimum absolute atomic E-state index is 0.0586. The van der Waals surface area contributed by atoms with Crippen molar-refractivity contribution in [1.82, 2.24) is 24.6 Å². The molecule has 6 rings (SSSR count). The summed E-state index contributed by atoms with van der Waals surface area (Å²) in [6.45, 7) is 15.6. The van der Waals surface area contributed by atoms with Crippen molar-refractivity contribution >= 4 is 46.6 Å². The second kappa shape index (κ2) is 10.9. The Bertz CT molecular complexity index is 1460. The van der Waals surface area contributed by atoms with Gasteiger partial charge in [-0.1, -0.05) is 26.6 Å². The van der Waals surface area contributed by atoms with E-state index in [9.17, 15) is 4.79 Å². The third-order valence-electron chi connectivity index (χ3n) is 9.36. The number of H-pyrrole nitrogens is 1. The summed E-state index contributed by atoms with van der Waals surface area (Å²) in [5.41, 5.74) is 6.45. The first-order chi connectivity index (χ1) is 19.4. The molecule has 0 unspecified atom stereocenters. The van der Waals surface area contributed by atoms with Gasteiger partial charge in [0.15, 0.2) is 5.82 Å². The van der Waals surface area contributed by atoms with E-state index in [1.807, 2.05) is 26.1 Å². The highest BCUT2D eigenvalue weighted by Gasteiger charge is 2.54. The van der Waals surface area contributed by atoms with Gasteiger partial charge in [0.25, 0.3) is 0 Å². The Kier molecular flexibility index (Phi) is 7.72. The van der Waals surface area contributed by atoms with Crippen molar-refractivity contribution in [2.24, 2.45) is 11.3 Å². The monoisotopic (exact) mass is 642 g/mol. The van der Waals surface area contributed by atoms with Crippen molar-refractivity contribution < 1.29 is 14.3 Å². The maximum atomic E-state index is 13.4. The lowest BCUT2D eigenvalue weighted by atomic mass is 9.87. The molecule has 3 heterocycles. The van der Waals surface area contributed by atoms with Crippen molar-refractivity contribution in [2.45, 2.75) is 71.6 Å². The lowest BCUT2D eigenvalue weighted by Crippen LogP contribution is -2.50. The molecule has 2 fully saturated rings. The van der Waals surface area contributed by atoms with Gasteiger partial charge in [-0.25, -0.2) is 9.67 Å². The molecule has 1 aliphatic heterocycles. The average molecular weight is 644 g/mol. The zero-order valence-electron chi connectivity index (χ0n) is 25.2. The Labute approximate surface area is 252 Å². The third kappa shape index (κ3) is 5.80. The maximum Gasteiger partial charge on any atom is 0.243 e. The lowest BCUT2D eigenvalue weighted by molar-refractivity contribution is -0.124. The first-order valence-electron chi connectivity index (χ1n) is 14.9. The Morgan fingerprint density at radius 2 is 2.07 bits per heavy atom. The van der Waals surface area contributed by atoms with Crippen molar-refractivity contribution in [3.8, 4) is 11.5 Å². The standard InChI is InChI=1S/C30H43BrN6O3Si/c1-19(36-7-9-39-10-8-36)29(38)35(3)21-14-23(31)27-24(15-21)32-28(33-27)26-22-13-20-16-30(20,2)17-25(22)37(34-26)18-40-11-12-41(4,5)6/h14-15,19-20H,7-13,16-18H2,1-6H3,(H,32,33)/t19-,20+,30+/m0/s1. The number of rotatable bonds is 9. The molecule has 222 valence electrons. The molecule has 0 radical (unpaired) electrons. The summed E-state index contributed by atoms with van der Waals surface area (Å²) in [4.78, 5) is 25.9. The Morgan fingerprint density at radius 3 is 2.80 bits per heavy atom. The number of anilines is 1. The van der Waals surface area contributed by atoms with Crippen LogP contribution in [0.25, 0.3) is 22.6 Å². The van der Waals surface area contributed by atoms with Gasteiger partial charge in [0, 0.05) is 56.2 Å². The first kappa shape index (κ1) is 29.0. The van der Waals surface area contributed by atoms with Crippen molar-refractivity contribution in [2.75, 3.05) is 44.9 Å². The average Bonchev–Trinajstić information content (AvgIpc) is 3.24. The molecule has 11 heteroatoms. The molecule has 1 aromatic carbocycles. The van der Waals surface area contributed by atoms with Crippen LogP contribution in [0, 0.1) is 11.3 Å². The Morgan fingerprint density at radius 1 is 1.32 bits per heavy atom. The summed E-state index contributed by atoms with van der Waals surface area (Å²) in [6, 6.07) is 4.91.